The first-order valence-electron chi connectivity index (χ1n) is 8.07. The Hall–Kier alpha value is -2.92. The number of nitrogens with one attached hydrogen (secondary N) is 1. The Balaban J connectivity index is 1.70. The van der Waals surface area contributed by atoms with E-state index in [1.807, 2.05) is 66.7 Å². The maximum atomic E-state index is 12.5. The van der Waals surface area contributed by atoms with Gasteiger partial charge in [-0.25, -0.2) is 5.43 Å². The first-order valence-corrected chi connectivity index (χ1v) is 8.86. The smallest absolute Gasteiger partial charge is 0.275 e. The summed E-state index contributed by atoms with van der Waals surface area (Å²) >= 11 is 3.39. The number of benzene rings is 3. The quantitative estimate of drug-likeness (QED) is 0.470. The summed E-state index contributed by atoms with van der Waals surface area (Å²) in [5, 5.41) is 4.01. The fourth-order valence-electron chi connectivity index (χ4n) is 2.31. The van der Waals surface area contributed by atoms with Gasteiger partial charge in [-0.15, -0.1) is 0 Å². The molecular formula is C21H17BrN2O2. The van der Waals surface area contributed by atoms with Crippen molar-refractivity contribution in [2.24, 2.45) is 5.10 Å². The highest BCUT2D eigenvalue weighted by molar-refractivity contribution is 9.10. The first-order chi connectivity index (χ1) is 12.7. The molecule has 0 aromatic heterocycles. The van der Waals surface area contributed by atoms with Crippen LogP contribution < -0.4 is 10.2 Å². The van der Waals surface area contributed by atoms with E-state index in [2.05, 4.69) is 26.5 Å². The number of hydrazone groups is 1. The Morgan fingerprint density at radius 1 is 1.00 bits per heavy atom. The van der Waals surface area contributed by atoms with Gasteiger partial charge >= 0.3 is 0 Å². The normalized spacial score (nSPS) is 10.7. The predicted molar refractivity (Wildman–Crippen MR) is 106 cm³/mol. The van der Waals surface area contributed by atoms with Gasteiger partial charge in [0.15, 0.2) is 0 Å². The molecule has 0 saturated carbocycles. The molecule has 0 bridgehead atoms. The van der Waals surface area contributed by atoms with E-state index in [9.17, 15) is 4.79 Å². The Morgan fingerprint density at radius 3 is 2.42 bits per heavy atom. The van der Waals surface area contributed by atoms with Crippen LogP contribution in [0.4, 0.5) is 0 Å². The first kappa shape index (κ1) is 17.9. The molecular weight excluding hydrogens is 392 g/mol. The van der Waals surface area contributed by atoms with E-state index in [0.717, 1.165) is 15.6 Å². The van der Waals surface area contributed by atoms with Gasteiger partial charge in [-0.3, -0.25) is 4.79 Å². The van der Waals surface area contributed by atoms with Crippen molar-refractivity contribution in [3.05, 3.63) is 100 Å². The van der Waals surface area contributed by atoms with Crippen molar-refractivity contribution in [3.63, 3.8) is 0 Å². The van der Waals surface area contributed by atoms with Gasteiger partial charge in [0.05, 0.1) is 11.8 Å². The molecule has 0 aliphatic carbocycles. The lowest BCUT2D eigenvalue weighted by Crippen LogP contribution is -2.18. The fourth-order valence-corrected chi connectivity index (χ4v) is 2.67. The largest absolute Gasteiger partial charge is 0.488 e. The van der Waals surface area contributed by atoms with Crippen molar-refractivity contribution in [1.82, 2.24) is 5.43 Å². The van der Waals surface area contributed by atoms with Crippen LogP contribution in [-0.4, -0.2) is 12.1 Å². The maximum Gasteiger partial charge on any atom is 0.275 e. The number of hydrogen-bond acceptors (Lipinski definition) is 3. The molecule has 1 N–H and O–H groups in total. The number of carbonyl (C=O) groups excluding carboxylic acids is 1. The van der Waals surface area contributed by atoms with E-state index >= 15 is 0 Å². The fraction of sp³-hybridized carbons (Fsp3) is 0.0476. The van der Waals surface area contributed by atoms with Crippen LogP contribution in [0.25, 0.3) is 0 Å². The summed E-state index contributed by atoms with van der Waals surface area (Å²) in [6.07, 6.45) is 1.60. The van der Waals surface area contributed by atoms with Gasteiger partial charge in [0.1, 0.15) is 12.4 Å². The summed E-state index contributed by atoms with van der Waals surface area (Å²) < 4.78 is 6.62. The topological polar surface area (TPSA) is 50.7 Å². The Labute approximate surface area is 160 Å². The van der Waals surface area contributed by atoms with Gasteiger partial charge in [-0.05, 0) is 29.3 Å². The number of nitrogens with zero attached hydrogens (tertiary/aromatic N) is 1. The van der Waals surface area contributed by atoms with Gasteiger partial charge < -0.3 is 4.74 Å². The second kappa shape index (κ2) is 8.97. The van der Waals surface area contributed by atoms with Crippen LogP contribution in [0.5, 0.6) is 5.75 Å². The van der Waals surface area contributed by atoms with Crippen LogP contribution in [0, 0.1) is 0 Å². The number of carbonyl (C=O) groups is 1. The third-order valence-electron chi connectivity index (χ3n) is 3.60. The molecule has 0 spiro atoms. The number of hydrogen-bond donors (Lipinski definition) is 1. The van der Waals surface area contributed by atoms with Gasteiger partial charge in [-0.2, -0.15) is 5.10 Å². The van der Waals surface area contributed by atoms with Crippen molar-refractivity contribution in [1.29, 1.82) is 0 Å². The molecule has 3 aromatic rings. The van der Waals surface area contributed by atoms with Crippen molar-refractivity contribution in [2.75, 3.05) is 0 Å². The highest BCUT2D eigenvalue weighted by Gasteiger charge is 2.13. The molecule has 5 heteroatoms. The summed E-state index contributed by atoms with van der Waals surface area (Å²) in [6, 6.07) is 24.7. The molecule has 0 unspecified atom stereocenters. The van der Waals surface area contributed by atoms with E-state index in [0.29, 0.717) is 17.9 Å². The lowest BCUT2D eigenvalue weighted by molar-refractivity contribution is 0.0950. The molecule has 1 amide bonds. The zero-order valence-corrected chi connectivity index (χ0v) is 15.5. The van der Waals surface area contributed by atoms with Crippen molar-refractivity contribution in [3.8, 4) is 5.75 Å². The van der Waals surface area contributed by atoms with Gasteiger partial charge in [0, 0.05) is 4.47 Å². The minimum atomic E-state index is -0.332. The van der Waals surface area contributed by atoms with Crippen LogP contribution in [0.2, 0.25) is 0 Å². The zero-order valence-electron chi connectivity index (χ0n) is 13.9. The highest BCUT2D eigenvalue weighted by atomic mass is 79.9. The lowest BCUT2D eigenvalue weighted by Gasteiger charge is -2.11. The average molecular weight is 409 g/mol. The number of halogens is 1. The second-order valence-electron chi connectivity index (χ2n) is 5.52. The third kappa shape index (κ3) is 5.04. The molecule has 3 rings (SSSR count). The van der Waals surface area contributed by atoms with Crippen LogP contribution in [-0.2, 0) is 6.61 Å². The minimum absolute atomic E-state index is 0.332. The molecule has 0 fully saturated rings. The van der Waals surface area contributed by atoms with E-state index in [1.54, 1.807) is 18.3 Å². The molecule has 0 radical (unpaired) electrons. The summed E-state index contributed by atoms with van der Waals surface area (Å²) in [5.74, 6) is 0.172. The molecule has 26 heavy (non-hydrogen) atoms. The predicted octanol–water partition coefficient (Wildman–Crippen LogP) is 4.79. The molecule has 3 aromatic carbocycles. The van der Waals surface area contributed by atoms with Gasteiger partial charge in [-0.1, -0.05) is 76.6 Å². The standard InChI is InChI=1S/C21H17BrN2O2/c22-18-11-12-20(26-15-17-9-5-2-6-10-17)19(13-18)21(25)24-23-14-16-7-3-1-4-8-16/h1-14H,15H2,(H,24,25)/b23-14+. The molecule has 4 nitrogen and oxygen atoms in total. The summed E-state index contributed by atoms with van der Waals surface area (Å²) in [4.78, 5) is 12.5. The van der Waals surface area contributed by atoms with Crippen LogP contribution in [0.1, 0.15) is 21.5 Å². The van der Waals surface area contributed by atoms with Crippen LogP contribution >= 0.6 is 15.9 Å². The molecule has 0 aliphatic heterocycles. The van der Waals surface area contributed by atoms with Crippen LogP contribution in [0.15, 0.2) is 88.4 Å². The lowest BCUT2D eigenvalue weighted by atomic mass is 10.2. The maximum absolute atomic E-state index is 12.5. The molecule has 0 heterocycles. The molecule has 0 saturated heterocycles. The monoisotopic (exact) mass is 408 g/mol. The number of ether oxygens (including phenoxy) is 1. The van der Waals surface area contributed by atoms with E-state index in [4.69, 9.17) is 4.74 Å². The summed E-state index contributed by atoms with van der Waals surface area (Å²) in [7, 11) is 0. The van der Waals surface area contributed by atoms with Crippen molar-refractivity contribution >= 4 is 28.1 Å². The number of amides is 1. The van der Waals surface area contributed by atoms with E-state index < -0.39 is 0 Å². The Morgan fingerprint density at radius 2 is 1.69 bits per heavy atom. The Bertz CT molecular complexity index is 896. The number of rotatable bonds is 6. The summed E-state index contributed by atoms with van der Waals surface area (Å²) in [5.41, 5.74) is 4.90. The van der Waals surface area contributed by atoms with Crippen molar-refractivity contribution in [2.45, 2.75) is 6.61 Å². The second-order valence-corrected chi connectivity index (χ2v) is 6.44. The molecule has 130 valence electrons. The average Bonchev–Trinajstić information content (AvgIpc) is 2.68. The Kier molecular flexibility index (Phi) is 6.17. The zero-order chi connectivity index (χ0) is 18.2. The van der Waals surface area contributed by atoms with E-state index in [-0.39, 0.29) is 5.91 Å². The van der Waals surface area contributed by atoms with Crippen LogP contribution in [0.3, 0.4) is 0 Å². The van der Waals surface area contributed by atoms with E-state index in [1.165, 1.54) is 0 Å². The third-order valence-corrected chi connectivity index (χ3v) is 4.10. The molecule has 0 atom stereocenters. The highest BCUT2D eigenvalue weighted by Crippen LogP contribution is 2.24. The van der Waals surface area contributed by atoms with Gasteiger partial charge in [0.25, 0.3) is 5.91 Å². The van der Waals surface area contributed by atoms with Gasteiger partial charge in [0.2, 0.25) is 0 Å². The van der Waals surface area contributed by atoms with Crippen molar-refractivity contribution < 1.29 is 9.53 Å². The SMILES string of the molecule is O=C(N/N=C/c1ccccc1)c1cc(Br)ccc1OCc1ccccc1. The summed E-state index contributed by atoms with van der Waals surface area (Å²) in [6.45, 7) is 0.385. The minimum Gasteiger partial charge on any atom is -0.488 e. The molecule has 0 aliphatic rings.